The molecule has 4 atom stereocenters. The predicted molar refractivity (Wildman–Crippen MR) is 241 cm³/mol. The number of amides is 1. The number of benzene rings is 3. The van der Waals surface area contributed by atoms with Gasteiger partial charge in [0.05, 0.1) is 40.6 Å². The van der Waals surface area contributed by atoms with Crippen LogP contribution < -0.4 is 10.6 Å². The van der Waals surface area contributed by atoms with Gasteiger partial charge in [0.25, 0.3) is 16.0 Å². The number of para-hydroxylation sites is 1. The largest absolute Gasteiger partial charge is 0.476 e. The van der Waals surface area contributed by atoms with Crippen molar-refractivity contribution in [3.05, 3.63) is 95.9 Å². The first-order valence-electron chi connectivity index (χ1n) is 20.4. The van der Waals surface area contributed by atoms with Gasteiger partial charge in [-0.15, -0.1) is 0 Å². The summed E-state index contributed by atoms with van der Waals surface area (Å²) in [7, 11) is -3.96. The van der Waals surface area contributed by atoms with E-state index < -0.39 is 16.1 Å². The van der Waals surface area contributed by atoms with Crippen molar-refractivity contribution < 1.29 is 32.4 Å². The van der Waals surface area contributed by atoms with Gasteiger partial charge in [0.2, 0.25) is 0 Å². The molecule has 13 nitrogen and oxygen atoms in total. The number of nitrogens with zero attached hydrogens (tertiary/aromatic N) is 4. The fourth-order valence-corrected chi connectivity index (χ4v) is 11.5. The summed E-state index contributed by atoms with van der Waals surface area (Å²) in [5.41, 5.74) is 4.50. The molecule has 3 aromatic carbocycles. The van der Waals surface area contributed by atoms with E-state index >= 15 is 0 Å². The lowest BCUT2D eigenvalue weighted by Crippen LogP contribution is -2.49. The molecule has 3 aromatic heterocycles. The van der Waals surface area contributed by atoms with Crippen LogP contribution in [0.3, 0.4) is 0 Å². The number of aromatic nitrogens is 4. The van der Waals surface area contributed by atoms with Crippen LogP contribution in [0.4, 0.5) is 5.13 Å². The third-order valence-corrected chi connectivity index (χ3v) is 13.9. The lowest BCUT2D eigenvalue weighted by atomic mass is 9.52. The highest BCUT2D eigenvalue weighted by Crippen LogP contribution is 2.58. The Morgan fingerprint density at radius 2 is 1.80 bits per heavy atom. The second kappa shape index (κ2) is 17.7. The van der Waals surface area contributed by atoms with Crippen LogP contribution in [-0.4, -0.2) is 81.3 Å². The summed E-state index contributed by atoms with van der Waals surface area (Å²) in [6, 6.07) is 22.6. The fourth-order valence-electron chi connectivity index (χ4n) is 10.1. The molecule has 8 rings (SSSR count). The number of hydrogen-bond acceptors (Lipinski definition) is 10. The zero-order valence-electron chi connectivity index (χ0n) is 34.0. The van der Waals surface area contributed by atoms with Crippen molar-refractivity contribution in [3.63, 3.8) is 0 Å². The van der Waals surface area contributed by atoms with Crippen LogP contribution in [0.2, 0.25) is 0 Å². The van der Waals surface area contributed by atoms with Gasteiger partial charge in [-0.05, 0) is 116 Å². The van der Waals surface area contributed by atoms with Gasteiger partial charge in [0.15, 0.2) is 10.8 Å². The van der Waals surface area contributed by atoms with Gasteiger partial charge >= 0.3 is 5.97 Å². The van der Waals surface area contributed by atoms with Gasteiger partial charge in [-0.2, -0.15) is 13.5 Å². The molecule has 0 radical (unpaired) electrons. The van der Waals surface area contributed by atoms with E-state index in [9.17, 15) is 23.1 Å². The van der Waals surface area contributed by atoms with Gasteiger partial charge in [-0.1, -0.05) is 69.0 Å². The van der Waals surface area contributed by atoms with Gasteiger partial charge in [-0.25, -0.2) is 14.8 Å². The highest BCUT2D eigenvalue weighted by atomic mass is 32.2. The smallest absolute Gasteiger partial charge is 0.355 e. The molecule has 1 amide bonds. The first-order valence-corrected chi connectivity index (χ1v) is 22.8. The Balaban J connectivity index is 0.00000561. The third-order valence-electron chi connectivity index (χ3n) is 12.1. The van der Waals surface area contributed by atoms with Crippen molar-refractivity contribution >= 4 is 59.5 Å². The molecule has 322 valence electrons. The summed E-state index contributed by atoms with van der Waals surface area (Å²) >= 11 is 1.41. The monoisotopic (exact) mass is 866 g/mol. The Morgan fingerprint density at radius 1 is 0.984 bits per heavy atom. The van der Waals surface area contributed by atoms with E-state index in [0.29, 0.717) is 77.0 Å². The summed E-state index contributed by atoms with van der Waals surface area (Å²) in [6.45, 7) is 8.94. The first-order chi connectivity index (χ1) is 28.7. The van der Waals surface area contributed by atoms with Gasteiger partial charge in [0, 0.05) is 41.0 Å². The number of ether oxygens (including phenoxy) is 1. The average Bonchev–Trinajstić information content (AvgIpc) is 3.77. The quantitative estimate of drug-likeness (QED) is 0.0570. The molecule has 2 saturated carbocycles. The van der Waals surface area contributed by atoms with E-state index in [-0.39, 0.29) is 41.7 Å². The lowest BCUT2D eigenvalue weighted by molar-refractivity contribution is -0.109. The van der Waals surface area contributed by atoms with E-state index in [4.69, 9.17) is 19.4 Å². The number of anilines is 1. The predicted octanol–water partition coefficient (Wildman–Crippen LogP) is 9.13. The van der Waals surface area contributed by atoms with Crippen molar-refractivity contribution in [2.45, 2.75) is 79.4 Å². The number of carbonyl (C=O) groups excluding carboxylic acids is 1. The van der Waals surface area contributed by atoms with Crippen molar-refractivity contribution in [3.8, 4) is 22.4 Å². The second-order valence-electron chi connectivity index (χ2n) is 17.2. The zero-order chi connectivity index (χ0) is 42.2. The molecular weight excluding hydrogens is 813 g/mol. The van der Waals surface area contributed by atoms with Crippen LogP contribution in [0, 0.1) is 23.7 Å². The molecule has 0 saturated heterocycles. The summed E-state index contributed by atoms with van der Waals surface area (Å²) < 4.78 is 40.4. The lowest BCUT2D eigenvalue weighted by Gasteiger charge is -2.55. The van der Waals surface area contributed by atoms with Crippen molar-refractivity contribution in [2.24, 2.45) is 16.7 Å². The molecule has 3 heterocycles. The Morgan fingerprint density at radius 3 is 2.59 bits per heavy atom. The van der Waals surface area contributed by atoms with E-state index in [1.165, 1.54) is 11.3 Å². The first kappa shape index (κ1) is 44.0. The van der Waals surface area contributed by atoms with Gasteiger partial charge in [0.1, 0.15) is 0 Å². The van der Waals surface area contributed by atoms with Crippen LogP contribution in [0.15, 0.2) is 79.0 Å². The number of aromatic carboxylic acids is 1. The number of carbonyl (C=O) groups is 2. The maximum atomic E-state index is 13.6. The highest BCUT2D eigenvalue weighted by Gasteiger charge is 2.51. The number of pyridine rings is 1. The van der Waals surface area contributed by atoms with Crippen molar-refractivity contribution in [2.75, 3.05) is 30.8 Å². The van der Waals surface area contributed by atoms with Crippen molar-refractivity contribution in [1.82, 2.24) is 25.1 Å². The minimum Gasteiger partial charge on any atom is -0.476 e. The molecular formula is C46H54N6O7S2. The van der Waals surface area contributed by atoms with Crippen LogP contribution in [0.5, 0.6) is 0 Å². The van der Waals surface area contributed by atoms with Gasteiger partial charge < -0.3 is 15.2 Å². The number of nitrogens with one attached hydrogen (secondary N) is 2. The molecule has 6 aromatic rings. The van der Waals surface area contributed by atoms with Crippen LogP contribution >= 0.6 is 11.3 Å². The fraction of sp³-hybridized carbons (Fsp3) is 0.413. The SMILES string of the molecule is C.Cc1c(-c2ccc(-c3ccc4cccc(C(=O)Nc5nc6ccccc6s5)c4c3)nc2C(=O)O)cnn1CC12CC(C)CC(C)(CC(OCCNCCCS(=O)(=O)O)C1)C2. The van der Waals surface area contributed by atoms with Crippen LogP contribution in [-0.2, 0) is 21.4 Å². The number of thiazole rings is 1. The Kier molecular flexibility index (Phi) is 12.8. The van der Waals surface area contributed by atoms with Crippen LogP contribution in [0.1, 0.15) is 86.3 Å². The molecule has 2 fully saturated rings. The zero-order valence-corrected chi connectivity index (χ0v) is 35.6. The molecule has 4 unspecified atom stereocenters. The van der Waals surface area contributed by atoms with Crippen molar-refractivity contribution in [1.29, 1.82) is 0 Å². The number of rotatable bonds is 15. The maximum absolute atomic E-state index is 13.6. The standard InChI is InChI=1S/C45H50N6O7S2.CH4/c1-28-21-44(3)23-32(58-18-17-46-16-7-19-60(55,56)57)24-45(22-28,26-44)27-51-29(2)36(25-47-51)33-14-15-37(48-40(33)42(53)54)31-13-12-30-8-6-9-34(35(30)20-31)41(52)50-43-49-38-10-4-5-11-39(38)59-43;/h4-6,8-15,20,25,28,32,46H,7,16-19,21-24,26-27H2,1-3H3,(H,53,54)(H,49,50,52)(H,55,56,57);1H4. The molecule has 0 spiro atoms. The molecule has 2 aliphatic carbocycles. The van der Waals surface area contributed by atoms with Gasteiger partial charge in [-0.3, -0.25) is 19.3 Å². The second-order valence-corrected chi connectivity index (χ2v) is 19.8. The molecule has 15 heteroatoms. The van der Waals surface area contributed by atoms with E-state index in [2.05, 4.69) is 29.5 Å². The molecule has 0 aliphatic heterocycles. The number of carboxylic acids is 1. The molecule has 2 bridgehead atoms. The molecule has 4 N–H and O–H groups in total. The summed E-state index contributed by atoms with van der Waals surface area (Å²) in [6.07, 6.45) is 7.23. The third kappa shape index (κ3) is 9.86. The maximum Gasteiger partial charge on any atom is 0.355 e. The van der Waals surface area contributed by atoms with E-state index in [0.717, 1.165) is 53.4 Å². The minimum atomic E-state index is -3.96. The van der Waals surface area contributed by atoms with Crippen LogP contribution in [0.25, 0.3) is 43.4 Å². The normalized spacial score (nSPS) is 21.3. The summed E-state index contributed by atoms with van der Waals surface area (Å²) in [5, 5.41) is 23.6. The Labute approximate surface area is 360 Å². The topological polar surface area (TPSA) is 186 Å². The average molecular weight is 867 g/mol. The number of hydrogen-bond donors (Lipinski definition) is 4. The summed E-state index contributed by atoms with van der Waals surface area (Å²) in [5.74, 6) is -1.16. The van der Waals surface area contributed by atoms with E-state index in [1.807, 2.05) is 72.3 Å². The highest BCUT2D eigenvalue weighted by molar-refractivity contribution is 7.85. The Bertz CT molecular complexity index is 2660. The molecule has 61 heavy (non-hydrogen) atoms. The molecule has 2 aliphatic rings. The number of fused-ring (bicyclic) bond motifs is 4. The summed E-state index contributed by atoms with van der Waals surface area (Å²) in [4.78, 5) is 35.7. The van der Waals surface area contributed by atoms with E-state index in [1.54, 1.807) is 18.3 Å². The number of carboxylic acid groups (broad SMARTS) is 1. The minimum absolute atomic E-state index is 0. The Hall–Kier alpha value is -5.06.